The van der Waals surface area contributed by atoms with Crippen molar-refractivity contribution in [2.45, 2.75) is 0 Å². The summed E-state index contributed by atoms with van der Waals surface area (Å²) in [6.45, 7) is 0. The van der Waals surface area contributed by atoms with Crippen molar-refractivity contribution in [1.29, 1.82) is 0 Å². The molecule has 6 nitrogen and oxygen atoms in total. The molecule has 8 heteroatoms. The molecule has 0 unspecified atom stereocenters. The number of pyridine rings is 1. The highest BCUT2D eigenvalue weighted by atomic mass is 35.5. The van der Waals surface area contributed by atoms with Crippen LogP contribution in [0.25, 0.3) is 33.4 Å². The van der Waals surface area contributed by atoms with E-state index < -0.39 is 11.4 Å². The van der Waals surface area contributed by atoms with Crippen molar-refractivity contribution in [3.63, 3.8) is 0 Å². The van der Waals surface area contributed by atoms with E-state index >= 15 is 0 Å². The lowest BCUT2D eigenvalue weighted by Crippen LogP contribution is -2.12. The van der Waals surface area contributed by atoms with Gasteiger partial charge in [0.25, 0.3) is 5.56 Å². The zero-order chi connectivity index (χ0) is 16.7. The molecule has 0 fully saturated rings. The molecule has 0 radical (unpaired) electrons. The molecule has 0 aliphatic carbocycles. The van der Waals surface area contributed by atoms with Crippen LogP contribution >= 0.6 is 11.6 Å². The fourth-order valence-corrected chi connectivity index (χ4v) is 2.84. The Balaban J connectivity index is 2.21. The largest absolute Gasteiger partial charge is 0.321 e. The van der Waals surface area contributed by atoms with Crippen LogP contribution in [0, 0.1) is 5.82 Å². The normalized spacial score (nSPS) is 11.1. The number of benzene rings is 2. The van der Waals surface area contributed by atoms with Gasteiger partial charge in [-0.2, -0.15) is 5.21 Å². The third-order valence-electron chi connectivity index (χ3n) is 3.69. The molecule has 4 rings (SSSR count). The molecular weight excluding hydrogens is 333 g/mol. The van der Waals surface area contributed by atoms with Crippen LogP contribution in [0.2, 0.25) is 5.02 Å². The monoisotopic (exact) mass is 341 g/mol. The number of H-pyrrole nitrogens is 2. The number of rotatable bonds is 2. The number of aromatic nitrogens is 5. The van der Waals surface area contributed by atoms with E-state index in [0.717, 1.165) is 5.56 Å². The van der Waals surface area contributed by atoms with E-state index in [1.54, 1.807) is 0 Å². The summed E-state index contributed by atoms with van der Waals surface area (Å²) in [6.07, 6.45) is 0. The number of aromatic amines is 2. The molecule has 0 saturated heterocycles. The maximum Gasteiger partial charge on any atom is 0.260 e. The summed E-state index contributed by atoms with van der Waals surface area (Å²) in [5.41, 5.74) is 1.47. The van der Waals surface area contributed by atoms with E-state index in [0.29, 0.717) is 16.5 Å². The summed E-state index contributed by atoms with van der Waals surface area (Å²) in [4.78, 5) is 15.2. The SMILES string of the molecule is O=c1[nH]c2cc(F)c(Cl)cc2c(-c2ccccc2)c1-c1nn[nH]n1. The molecule has 0 saturated carbocycles. The molecule has 0 bridgehead atoms. The molecule has 2 N–H and O–H groups in total. The van der Waals surface area contributed by atoms with Crippen molar-refractivity contribution >= 4 is 22.5 Å². The Kier molecular flexibility index (Phi) is 3.35. The molecule has 0 spiro atoms. The maximum absolute atomic E-state index is 13.8. The predicted octanol–water partition coefficient (Wildman–Crippen LogP) is 3.17. The third kappa shape index (κ3) is 2.26. The quantitative estimate of drug-likeness (QED) is 0.586. The van der Waals surface area contributed by atoms with Gasteiger partial charge in [0, 0.05) is 10.9 Å². The van der Waals surface area contributed by atoms with Gasteiger partial charge >= 0.3 is 0 Å². The van der Waals surface area contributed by atoms with Crippen molar-refractivity contribution in [2.24, 2.45) is 0 Å². The van der Waals surface area contributed by atoms with Crippen LogP contribution in [0.5, 0.6) is 0 Å². The van der Waals surface area contributed by atoms with Gasteiger partial charge < -0.3 is 4.98 Å². The summed E-state index contributed by atoms with van der Waals surface area (Å²) < 4.78 is 13.8. The Hall–Kier alpha value is -3.06. The Morgan fingerprint density at radius 2 is 1.88 bits per heavy atom. The molecular formula is C16H9ClFN5O. The standard InChI is InChI=1S/C16H9ClFN5O/c17-10-6-9-12(7-11(10)18)19-16(24)14(15-20-22-23-21-15)13(9)8-4-2-1-3-5-8/h1-7H,(H,19,24)(H,20,21,22,23). The van der Waals surface area contributed by atoms with Crippen LogP contribution in [0.3, 0.4) is 0 Å². The van der Waals surface area contributed by atoms with Crippen molar-refractivity contribution in [3.8, 4) is 22.5 Å². The summed E-state index contributed by atoms with van der Waals surface area (Å²) in [5.74, 6) is -0.455. The van der Waals surface area contributed by atoms with Crippen LogP contribution < -0.4 is 5.56 Å². The van der Waals surface area contributed by atoms with Crippen molar-refractivity contribution in [3.05, 3.63) is 63.7 Å². The Morgan fingerprint density at radius 1 is 1.08 bits per heavy atom. The Morgan fingerprint density at radius 3 is 2.58 bits per heavy atom. The van der Waals surface area contributed by atoms with Crippen LogP contribution in [0.4, 0.5) is 4.39 Å². The van der Waals surface area contributed by atoms with Crippen molar-refractivity contribution < 1.29 is 4.39 Å². The number of hydrogen-bond donors (Lipinski definition) is 2. The first-order chi connectivity index (χ1) is 11.6. The van der Waals surface area contributed by atoms with Gasteiger partial charge in [0.2, 0.25) is 5.82 Å². The van der Waals surface area contributed by atoms with E-state index in [1.165, 1.54) is 12.1 Å². The molecule has 118 valence electrons. The smallest absolute Gasteiger partial charge is 0.260 e. The van der Waals surface area contributed by atoms with Crippen LogP contribution in [-0.2, 0) is 0 Å². The average Bonchev–Trinajstić information content (AvgIpc) is 3.10. The zero-order valence-electron chi connectivity index (χ0n) is 12.0. The second kappa shape index (κ2) is 5.54. The zero-order valence-corrected chi connectivity index (χ0v) is 12.8. The molecule has 0 amide bonds. The fraction of sp³-hybridized carbons (Fsp3) is 0. The second-order valence-corrected chi connectivity index (χ2v) is 5.52. The van der Waals surface area contributed by atoms with E-state index in [2.05, 4.69) is 25.6 Å². The number of halogens is 2. The van der Waals surface area contributed by atoms with Gasteiger partial charge in [-0.25, -0.2) is 4.39 Å². The highest BCUT2D eigenvalue weighted by Crippen LogP contribution is 2.35. The first kappa shape index (κ1) is 14.5. The average molecular weight is 342 g/mol. The summed E-state index contributed by atoms with van der Waals surface area (Å²) in [5, 5.41) is 14.2. The van der Waals surface area contributed by atoms with Gasteiger partial charge in [0.05, 0.1) is 16.1 Å². The fourth-order valence-electron chi connectivity index (χ4n) is 2.68. The van der Waals surface area contributed by atoms with Gasteiger partial charge in [0.15, 0.2) is 0 Å². The van der Waals surface area contributed by atoms with Gasteiger partial charge in [-0.15, -0.1) is 10.2 Å². The Bertz CT molecular complexity index is 1090. The highest BCUT2D eigenvalue weighted by molar-refractivity contribution is 6.31. The van der Waals surface area contributed by atoms with E-state index in [4.69, 9.17) is 11.6 Å². The molecule has 2 heterocycles. The number of tetrazole rings is 1. The summed E-state index contributed by atoms with van der Waals surface area (Å²) >= 11 is 5.95. The van der Waals surface area contributed by atoms with Crippen LogP contribution in [0.1, 0.15) is 0 Å². The van der Waals surface area contributed by atoms with Gasteiger partial charge in [-0.1, -0.05) is 41.9 Å². The first-order valence-corrected chi connectivity index (χ1v) is 7.37. The Labute approximate surface area is 139 Å². The lowest BCUT2D eigenvalue weighted by molar-refractivity contribution is 0.630. The number of nitrogens with one attached hydrogen (secondary N) is 2. The van der Waals surface area contributed by atoms with E-state index in [1.807, 2.05) is 30.3 Å². The van der Waals surface area contributed by atoms with Crippen LogP contribution in [-0.4, -0.2) is 25.6 Å². The predicted molar refractivity (Wildman–Crippen MR) is 88.1 cm³/mol. The minimum Gasteiger partial charge on any atom is -0.321 e. The maximum atomic E-state index is 13.8. The minimum atomic E-state index is -0.605. The number of fused-ring (bicyclic) bond motifs is 1. The number of hydrogen-bond acceptors (Lipinski definition) is 4. The summed E-state index contributed by atoms with van der Waals surface area (Å²) in [7, 11) is 0. The van der Waals surface area contributed by atoms with Crippen molar-refractivity contribution in [2.75, 3.05) is 0 Å². The lowest BCUT2D eigenvalue weighted by atomic mass is 9.96. The molecule has 0 atom stereocenters. The lowest BCUT2D eigenvalue weighted by Gasteiger charge is -2.11. The van der Waals surface area contributed by atoms with Gasteiger partial charge in [-0.3, -0.25) is 4.79 Å². The van der Waals surface area contributed by atoms with E-state index in [-0.39, 0.29) is 16.4 Å². The van der Waals surface area contributed by atoms with Gasteiger partial charge in [0.1, 0.15) is 5.82 Å². The molecule has 2 aromatic heterocycles. The van der Waals surface area contributed by atoms with Crippen LogP contribution in [0.15, 0.2) is 47.3 Å². The second-order valence-electron chi connectivity index (χ2n) is 5.12. The third-order valence-corrected chi connectivity index (χ3v) is 3.98. The molecule has 4 aromatic rings. The van der Waals surface area contributed by atoms with E-state index in [9.17, 15) is 9.18 Å². The summed E-state index contributed by atoms with van der Waals surface area (Å²) in [6, 6.07) is 11.9. The number of nitrogens with zero attached hydrogens (tertiary/aromatic N) is 3. The molecule has 0 aliphatic rings. The van der Waals surface area contributed by atoms with Gasteiger partial charge in [-0.05, 0) is 22.9 Å². The topological polar surface area (TPSA) is 87.3 Å². The first-order valence-electron chi connectivity index (χ1n) is 6.99. The molecule has 24 heavy (non-hydrogen) atoms. The van der Waals surface area contributed by atoms with Crippen molar-refractivity contribution in [1.82, 2.24) is 25.6 Å². The molecule has 2 aromatic carbocycles. The minimum absolute atomic E-state index is 0.0363. The molecule has 0 aliphatic heterocycles. The highest BCUT2D eigenvalue weighted by Gasteiger charge is 2.20.